The minimum absolute atomic E-state index is 0. The fraction of sp³-hybridized carbons (Fsp3) is 0.750. The summed E-state index contributed by atoms with van der Waals surface area (Å²) in [5.41, 5.74) is 1.31. The van der Waals surface area contributed by atoms with Crippen LogP contribution in [0, 0.1) is 5.92 Å². The van der Waals surface area contributed by atoms with E-state index >= 15 is 0 Å². The van der Waals surface area contributed by atoms with Gasteiger partial charge < -0.3 is 9.88 Å². The quantitative estimate of drug-likeness (QED) is 0.883. The van der Waals surface area contributed by atoms with E-state index < -0.39 is 0 Å². The lowest BCUT2D eigenvalue weighted by Gasteiger charge is -2.32. The molecule has 1 aromatic heterocycles. The molecule has 0 spiro atoms. The average Bonchev–Trinajstić information content (AvgIpc) is 2.66. The standard InChI is InChI=1S/C12H22N4.ClH/c1-13-6-11-4-3-5-16(8-11)9-12-7-14-10-15(12)2;/h7,10-11,13H,3-6,8-9H2,1-2H3;1H. The summed E-state index contributed by atoms with van der Waals surface area (Å²) in [5.74, 6) is 0.812. The molecule has 0 radical (unpaired) electrons. The van der Waals surface area contributed by atoms with Gasteiger partial charge in [0.25, 0.3) is 0 Å². The molecule has 1 saturated heterocycles. The minimum atomic E-state index is 0. The number of nitrogens with zero attached hydrogens (tertiary/aromatic N) is 3. The van der Waals surface area contributed by atoms with Gasteiger partial charge in [-0.05, 0) is 38.9 Å². The van der Waals surface area contributed by atoms with Crippen LogP contribution in [-0.4, -0.2) is 41.1 Å². The van der Waals surface area contributed by atoms with Crippen molar-refractivity contribution < 1.29 is 0 Å². The average molecular weight is 259 g/mol. The molecule has 0 bridgehead atoms. The van der Waals surface area contributed by atoms with Crippen molar-refractivity contribution in [2.24, 2.45) is 13.0 Å². The van der Waals surface area contributed by atoms with Crippen molar-refractivity contribution >= 4 is 12.4 Å². The summed E-state index contributed by atoms with van der Waals surface area (Å²) >= 11 is 0. The third-order valence-corrected chi connectivity index (χ3v) is 3.40. The molecule has 5 heteroatoms. The molecule has 17 heavy (non-hydrogen) atoms. The summed E-state index contributed by atoms with van der Waals surface area (Å²) in [5, 5.41) is 3.28. The van der Waals surface area contributed by atoms with E-state index in [1.54, 1.807) is 0 Å². The van der Waals surface area contributed by atoms with Gasteiger partial charge in [0.05, 0.1) is 12.0 Å². The van der Waals surface area contributed by atoms with Crippen LogP contribution in [-0.2, 0) is 13.6 Å². The van der Waals surface area contributed by atoms with Crippen LogP contribution in [0.2, 0.25) is 0 Å². The molecule has 1 aliphatic rings. The topological polar surface area (TPSA) is 33.1 Å². The van der Waals surface area contributed by atoms with Crippen LogP contribution in [0.5, 0.6) is 0 Å². The second-order valence-electron chi connectivity index (χ2n) is 4.80. The summed E-state index contributed by atoms with van der Waals surface area (Å²) in [7, 11) is 4.11. The van der Waals surface area contributed by atoms with Gasteiger partial charge in [0.1, 0.15) is 0 Å². The van der Waals surface area contributed by atoms with Crippen molar-refractivity contribution in [2.45, 2.75) is 19.4 Å². The van der Waals surface area contributed by atoms with E-state index in [4.69, 9.17) is 0 Å². The summed E-state index contributed by atoms with van der Waals surface area (Å²) in [4.78, 5) is 6.71. The maximum absolute atomic E-state index is 4.17. The Labute approximate surface area is 110 Å². The number of nitrogens with one attached hydrogen (secondary N) is 1. The Morgan fingerprint density at radius 2 is 2.35 bits per heavy atom. The summed E-state index contributed by atoms with van der Waals surface area (Å²) < 4.78 is 2.11. The van der Waals surface area contributed by atoms with Crippen molar-refractivity contribution in [3.8, 4) is 0 Å². The number of hydrogen-bond acceptors (Lipinski definition) is 3. The predicted octanol–water partition coefficient (Wildman–Crippen LogP) is 1.27. The van der Waals surface area contributed by atoms with Gasteiger partial charge in [-0.3, -0.25) is 4.90 Å². The number of imidazole rings is 1. The van der Waals surface area contributed by atoms with E-state index in [9.17, 15) is 0 Å². The predicted molar refractivity (Wildman–Crippen MR) is 72.4 cm³/mol. The van der Waals surface area contributed by atoms with Gasteiger partial charge in [0, 0.05) is 26.3 Å². The number of likely N-dealkylation sites (tertiary alicyclic amines) is 1. The Balaban J connectivity index is 0.00000144. The maximum atomic E-state index is 4.17. The second-order valence-corrected chi connectivity index (χ2v) is 4.80. The van der Waals surface area contributed by atoms with Crippen molar-refractivity contribution in [2.75, 3.05) is 26.7 Å². The fourth-order valence-corrected chi connectivity index (χ4v) is 2.52. The van der Waals surface area contributed by atoms with E-state index in [1.165, 1.54) is 31.6 Å². The summed E-state index contributed by atoms with van der Waals surface area (Å²) in [6.45, 7) is 4.62. The molecule has 98 valence electrons. The lowest BCUT2D eigenvalue weighted by Crippen LogP contribution is -2.38. The zero-order valence-electron chi connectivity index (χ0n) is 10.7. The first-order chi connectivity index (χ1) is 7.79. The number of aryl methyl sites for hydroxylation is 1. The van der Waals surface area contributed by atoms with Gasteiger partial charge in [-0.25, -0.2) is 4.98 Å². The molecule has 0 aliphatic carbocycles. The Morgan fingerprint density at radius 3 is 3.00 bits per heavy atom. The van der Waals surface area contributed by atoms with Crippen molar-refractivity contribution in [3.63, 3.8) is 0 Å². The summed E-state index contributed by atoms with van der Waals surface area (Å²) in [6.07, 6.45) is 6.54. The van der Waals surface area contributed by atoms with Gasteiger partial charge in [-0.2, -0.15) is 0 Å². The van der Waals surface area contributed by atoms with Crippen molar-refractivity contribution in [1.82, 2.24) is 19.8 Å². The highest BCUT2D eigenvalue weighted by atomic mass is 35.5. The Bertz CT molecular complexity index is 324. The number of aromatic nitrogens is 2. The first-order valence-electron chi connectivity index (χ1n) is 6.11. The minimum Gasteiger partial charge on any atom is -0.337 e. The van der Waals surface area contributed by atoms with Gasteiger partial charge in [0.2, 0.25) is 0 Å². The Hall–Kier alpha value is -0.580. The van der Waals surface area contributed by atoms with Gasteiger partial charge in [-0.15, -0.1) is 12.4 Å². The van der Waals surface area contributed by atoms with Crippen LogP contribution in [0.1, 0.15) is 18.5 Å². The number of piperidine rings is 1. The lowest BCUT2D eigenvalue weighted by molar-refractivity contribution is 0.164. The van der Waals surface area contributed by atoms with Crippen LogP contribution in [0.4, 0.5) is 0 Å². The third-order valence-electron chi connectivity index (χ3n) is 3.40. The number of rotatable bonds is 4. The number of halogens is 1. The molecule has 1 fully saturated rings. The van der Waals surface area contributed by atoms with Crippen molar-refractivity contribution in [1.29, 1.82) is 0 Å². The monoisotopic (exact) mass is 258 g/mol. The van der Waals surface area contributed by atoms with Gasteiger partial charge in [0.15, 0.2) is 0 Å². The fourth-order valence-electron chi connectivity index (χ4n) is 2.52. The molecule has 1 aliphatic heterocycles. The van der Waals surface area contributed by atoms with Gasteiger partial charge in [-0.1, -0.05) is 0 Å². The molecular formula is C12H23ClN4. The second kappa shape index (κ2) is 6.99. The molecule has 0 amide bonds. The van der Waals surface area contributed by atoms with E-state index in [2.05, 4.69) is 26.8 Å². The largest absolute Gasteiger partial charge is 0.337 e. The van der Waals surface area contributed by atoms with E-state index in [1.807, 2.05) is 19.6 Å². The molecule has 1 unspecified atom stereocenters. The first-order valence-corrected chi connectivity index (χ1v) is 6.11. The highest BCUT2D eigenvalue weighted by Gasteiger charge is 2.19. The molecule has 1 aromatic rings. The highest BCUT2D eigenvalue weighted by Crippen LogP contribution is 2.17. The SMILES string of the molecule is CNCC1CCCN(Cc2cncn2C)C1.Cl. The summed E-state index contributed by atoms with van der Waals surface area (Å²) in [6, 6.07) is 0. The normalized spacial score (nSPS) is 21.2. The zero-order valence-corrected chi connectivity index (χ0v) is 11.5. The third kappa shape index (κ3) is 3.98. The number of hydrogen-bond donors (Lipinski definition) is 1. The molecule has 0 saturated carbocycles. The molecule has 2 rings (SSSR count). The molecule has 4 nitrogen and oxygen atoms in total. The van der Waals surface area contributed by atoms with Gasteiger partial charge >= 0.3 is 0 Å². The first kappa shape index (κ1) is 14.5. The maximum Gasteiger partial charge on any atom is 0.0945 e. The molecule has 0 aromatic carbocycles. The van der Waals surface area contributed by atoms with Crippen LogP contribution in [0.3, 0.4) is 0 Å². The van der Waals surface area contributed by atoms with Crippen LogP contribution in [0.25, 0.3) is 0 Å². The molecule has 1 atom stereocenters. The van der Waals surface area contributed by atoms with Crippen LogP contribution < -0.4 is 5.32 Å². The Kier molecular flexibility index (Phi) is 5.95. The molecular weight excluding hydrogens is 236 g/mol. The van der Waals surface area contributed by atoms with E-state index in [0.717, 1.165) is 19.0 Å². The van der Waals surface area contributed by atoms with E-state index in [0.29, 0.717) is 0 Å². The lowest BCUT2D eigenvalue weighted by atomic mass is 9.98. The Morgan fingerprint density at radius 1 is 1.53 bits per heavy atom. The van der Waals surface area contributed by atoms with Crippen LogP contribution in [0.15, 0.2) is 12.5 Å². The zero-order chi connectivity index (χ0) is 11.4. The molecule has 1 N–H and O–H groups in total. The van der Waals surface area contributed by atoms with E-state index in [-0.39, 0.29) is 12.4 Å². The van der Waals surface area contributed by atoms with Crippen LogP contribution >= 0.6 is 12.4 Å². The highest BCUT2D eigenvalue weighted by molar-refractivity contribution is 5.85. The van der Waals surface area contributed by atoms with Crippen molar-refractivity contribution in [3.05, 3.63) is 18.2 Å². The molecule has 2 heterocycles. The smallest absolute Gasteiger partial charge is 0.0945 e.